The maximum absolute atomic E-state index is 14.3. The topological polar surface area (TPSA) is 120 Å². The third-order valence-electron chi connectivity index (χ3n) is 7.01. The van der Waals surface area contributed by atoms with Gasteiger partial charge in [0.1, 0.15) is 16.9 Å². The Morgan fingerprint density at radius 3 is 2.27 bits per heavy atom. The van der Waals surface area contributed by atoms with Crippen molar-refractivity contribution in [1.29, 1.82) is 0 Å². The van der Waals surface area contributed by atoms with Crippen LogP contribution in [0.1, 0.15) is 45.9 Å². The summed E-state index contributed by atoms with van der Waals surface area (Å²) in [5.41, 5.74) is 0.160. The Labute approximate surface area is 237 Å². The van der Waals surface area contributed by atoms with E-state index in [0.717, 1.165) is 12.8 Å². The Morgan fingerprint density at radius 1 is 1.02 bits per heavy atom. The summed E-state index contributed by atoms with van der Waals surface area (Å²) in [5.74, 6) is 1.03. The van der Waals surface area contributed by atoms with Crippen LogP contribution in [0.15, 0.2) is 18.2 Å². The highest BCUT2D eigenvalue weighted by Crippen LogP contribution is 2.33. The Hall–Kier alpha value is -3.81. The number of methoxy groups -OCH3 is 1. The smallest absolute Gasteiger partial charge is 0.407 e. The van der Waals surface area contributed by atoms with Crippen LogP contribution in [0.25, 0.3) is 17.0 Å². The molecule has 0 spiro atoms. The number of benzene rings is 1. The maximum Gasteiger partial charge on any atom is 0.407 e. The fourth-order valence-corrected chi connectivity index (χ4v) is 4.98. The number of rotatable bonds is 7. The molecule has 0 bridgehead atoms. The zero-order chi connectivity index (χ0) is 29.1. The fraction of sp³-hybridized carbons (Fsp3) is 0.593. The van der Waals surface area contributed by atoms with Crippen molar-refractivity contribution < 1.29 is 27.8 Å². The Balaban J connectivity index is 1.44. The molecule has 14 heteroatoms. The highest BCUT2D eigenvalue weighted by Gasteiger charge is 2.28. The van der Waals surface area contributed by atoms with Crippen molar-refractivity contribution in [3.05, 3.63) is 24.0 Å². The molecule has 3 aromatic rings. The van der Waals surface area contributed by atoms with Gasteiger partial charge in [-0.2, -0.15) is 15.0 Å². The molecular weight excluding hydrogens is 538 g/mol. The van der Waals surface area contributed by atoms with Crippen LogP contribution >= 0.6 is 0 Å². The molecule has 222 valence electrons. The summed E-state index contributed by atoms with van der Waals surface area (Å²) in [6.07, 6.45) is -1.72. The van der Waals surface area contributed by atoms with Gasteiger partial charge in [0.05, 0.1) is 25.8 Å². The predicted molar refractivity (Wildman–Crippen MR) is 148 cm³/mol. The zero-order valence-electron chi connectivity index (χ0n) is 23.8. The number of alkyl carbamates (subject to hydrolysis) is 1. The van der Waals surface area contributed by atoms with Crippen LogP contribution in [0.2, 0.25) is 0 Å². The van der Waals surface area contributed by atoms with Gasteiger partial charge in [0, 0.05) is 32.7 Å². The van der Waals surface area contributed by atoms with Crippen LogP contribution in [0.4, 0.5) is 25.5 Å². The number of carbonyl (C=O) groups is 1. The zero-order valence-corrected chi connectivity index (χ0v) is 23.8. The summed E-state index contributed by atoms with van der Waals surface area (Å²) in [6, 6.07) is 5.09. The molecule has 2 saturated heterocycles. The van der Waals surface area contributed by atoms with Crippen molar-refractivity contribution in [3.8, 4) is 11.7 Å². The predicted octanol–water partition coefficient (Wildman–Crippen LogP) is 3.73. The molecule has 4 heterocycles. The van der Waals surface area contributed by atoms with Gasteiger partial charge in [0.25, 0.3) is 6.43 Å². The van der Waals surface area contributed by atoms with Crippen LogP contribution in [0.5, 0.6) is 5.75 Å². The monoisotopic (exact) mass is 574 g/mol. The van der Waals surface area contributed by atoms with Gasteiger partial charge in [-0.05, 0) is 51.7 Å². The first-order chi connectivity index (χ1) is 19.6. The summed E-state index contributed by atoms with van der Waals surface area (Å²) in [5, 5.41) is 2.86. The number of nitrogens with one attached hydrogen (secondary N) is 1. The first-order valence-corrected chi connectivity index (χ1v) is 13.8. The summed E-state index contributed by atoms with van der Waals surface area (Å²) >= 11 is 0. The SMILES string of the molecule is COc1cccc2c1nc(C(F)F)n2-c1nc(N2CCOCC2)nc(N2CCC(CNC(=O)OC(C)(C)C)CC2)n1. The maximum atomic E-state index is 14.3. The van der Waals surface area contributed by atoms with Crippen LogP contribution in [-0.4, -0.2) is 89.2 Å². The number of morpholine rings is 1. The summed E-state index contributed by atoms with van der Waals surface area (Å²) in [4.78, 5) is 34.4. The molecule has 2 aromatic heterocycles. The number of piperidine rings is 1. The van der Waals surface area contributed by atoms with Crippen molar-refractivity contribution in [2.45, 2.75) is 45.6 Å². The van der Waals surface area contributed by atoms with Crippen molar-refractivity contribution in [2.24, 2.45) is 5.92 Å². The van der Waals surface area contributed by atoms with Crippen molar-refractivity contribution >= 4 is 29.0 Å². The standard InChI is InChI=1S/C27H36F2N8O4/c1-27(2,3)41-26(38)30-16-17-8-10-35(11-9-17)23-32-24(36-12-14-40-15-13-36)34-25(33-23)37-18-6-5-7-19(39-4)20(18)31-22(37)21(28)29/h5-7,17,21H,8-16H2,1-4H3,(H,30,38). The largest absolute Gasteiger partial charge is 0.494 e. The average Bonchev–Trinajstić information content (AvgIpc) is 3.36. The molecule has 0 radical (unpaired) electrons. The number of halogens is 2. The molecule has 0 saturated carbocycles. The Kier molecular flexibility index (Phi) is 8.38. The number of ether oxygens (including phenoxy) is 3. The first-order valence-electron chi connectivity index (χ1n) is 13.8. The Bertz CT molecular complexity index is 1370. The number of nitrogens with zero attached hydrogens (tertiary/aromatic N) is 7. The molecule has 2 aliphatic rings. The van der Waals surface area contributed by atoms with Gasteiger partial charge < -0.3 is 29.3 Å². The number of carbonyl (C=O) groups excluding carboxylic acids is 1. The van der Waals surface area contributed by atoms with Crippen molar-refractivity contribution in [1.82, 2.24) is 29.8 Å². The number of hydrogen-bond donors (Lipinski definition) is 1. The lowest BCUT2D eigenvalue weighted by Gasteiger charge is -2.33. The van der Waals surface area contributed by atoms with E-state index in [4.69, 9.17) is 19.2 Å². The molecule has 0 unspecified atom stereocenters. The van der Waals surface area contributed by atoms with E-state index in [2.05, 4.69) is 20.3 Å². The molecule has 1 amide bonds. The number of para-hydroxylation sites is 1. The number of amides is 1. The van der Waals surface area contributed by atoms with E-state index in [-0.39, 0.29) is 11.9 Å². The fourth-order valence-electron chi connectivity index (χ4n) is 4.98. The van der Waals surface area contributed by atoms with E-state index in [1.54, 1.807) is 18.2 Å². The number of aromatic nitrogens is 5. The van der Waals surface area contributed by atoms with Gasteiger partial charge in [-0.3, -0.25) is 4.57 Å². The average molecular weight is 575 g/mol. The second-order valence-corrected chi connectivity index (χ2v) is 11.1. The van der Waals surface area contributed by atoms with Crippen LogP contribution in [0, 0.1) is 5.92 Å². The molecular formula is C27H36F2N8O4. The van der Waals surface area contributed by atoms with Crippen molar-refractivity contribution in [2.75, 3.05) is 62.8 Å². The second kappa shape index (κ2) is 12.0. The van der Waals surface area contributed by atoms with Crippen molar-refractivity contribution in [3.63, 3.8) is 0 Å². The minimum absolute atomic E-state index is 0.0660. The first kappa shape index (κ1) is 28.7. The quantitative estimate of drug-likeness (QED) is 0.447. The highest BCUT2D eigenvalue weighted by atomic mass is 19.3. The molecule has 0 atom stereocenters. The number of hydrogen-bond acceptors (Lipinski definition) is 10. The molecule has 0 aliphatic carbocycles. The van der Waals surface area contributed by atoms with E-state index in [1.165, 1.54) is 11.7 Å². The number of fused-ring (bicyclic) bond motifs is 1. The van der Waals surface area contributed by atoms with Gasteiger partial charge >= 0.3 is 6.09 Å². The minimum atomic E-state index is -2.87. The van der Waals surface area contributed by atoms with Gasteiger partial charge in [0.15, 0.2) is 5.82 Å². The van der Waals surface area contributed by atoms with Gasteiger partial charge in [-0.1, -0.05) is 6.07 Å². The third-order valence-corrected chi connectivity index (χ3v) is 7.01. The molecule has 5 rings (SSSR count). The summed E-state index contributed by atoms with van der Waals surface area (Å²) in [7, 11) is 1.47. The molecule has 1 N–H and O–H groups in total. The second-order valence-electron chi connectivity index (χ2n) is 11.1. The lowest BCUT2D eigenvalue weighted by molar-refractivity contribution is 0.0516. The lowest BCUT2D eigenvalue weighted by Crippen LogP contribution is -2.41. The Morgan fingerprint density at radius 2 is 1.66 bits per heavy atom. The van der Waals surface area contributed by atoms with Crippen LogP contribution < -0.4 is 19.9 Å². The normalized spacial score (nSPS) is 16.9. The lowest BCUT2D eigenvalue weighted by atomic mass is 9.97. The third kappa shape index (κ3) is 6.58. The molecule has 12 nitrogen and oxygen atoms in total. The molecule has 2 fully saturated rings. The van der Waals surface area contributed by atoms with Crippen LogP contribution in [-0.2, 0) is 9.47 Å². The number of imidazole rings is 1. The van der Waals surface area contributed by atoms with Gasteiger partial charge in [-0.15, -0.1) is 0 Å². The summed E-state index contributed by atoms with van der Waals surface area (Å²) < 4.78 is 46.1. The van der Waals surface area contributed by atoms with E-state index < -0.39 is 23.9 Å². The van der Waals surface area contributed by atoms with Gasteiger partial charge in [-0.25, -0.2) is 18.6 Å². The summed E-state index contributed by atoms with van der Waals surface area (Å²) in [6.45, 7) is 9.42. The molecule has 41 heavy (non-hydrogen) atoms. The molecule has 2 aliphatic heterocycles. The van der Waals surface area contributed by atoms with Gasteiger partial charge in [0.2, 0.25) is 17.8 Å². The van der Waals surface area contributed by atoms with E-state index in [0.29, 0.717) is 74.6 Å². The van der Waals surface area contributed by atoms with E-state index in [1.807, 2.05) is 30.6 Å². The van der Waals surface area contributed by atoms with E-state index in [9.17, 15) is 13.6 Å². The van der Waals surface area contributed by atoms with E-state index >= 15 is 0 Å². The molecule has 1 aromatic carbocycles. The number of anilines is 2. The minimum Gasteiger partial charge on any atom is -0.494 e. The highest BCUT2D eigenvalue weighted by molar-refractivity contribution is 5.84. The van der Waals surface area contributed by atoms with Crippen LogP contribution in [0.3, 0.4) is 0 Å². The number of alkyl halides is 2.